The van der Waals surface area contributed by atoms with Crippen LogP contribution in [0.4, 0.5) is 5.82 Å². The fourth-order valence-electron chi connectivity index (χ4n) is 2.69. The fourth-order valence-corrected chi connectivity index (χ4v) is 2.69. The van der Waals surface area contributed by atoms with E-state index in [1.807, 2.05) is 0 Å². The summed E-state index contributed by atoms with van der Waals surface area (Å²) in [5.41, 5.74) is 1.26. The average Bonchev–Trinajstić information content (AvgIpc) is 2.83. The number of aliphatic hydroxyl groups excluding tert-OH is 1. The maximum atomic E-state index is 9.32. The van der Waals surface area contributed by atoms with E-state index in [4.69, 9.17) is 0 Å². The monoisotopic (exact) mass is 235 g/mol. The standard InChI is InChI=1S/C13H21N3O/c1-3-13(4-2)5-6-16(9-13)12-11(8-17)7-14-10-15-12/h7,10,17H,3-6,8-9H2,1-2H3. The minimum Gasteiger partial charge on any atom is -0.391 e. The molecule has 0 bridgehead atoms. The Morgan fingerprint density at radius 1 is 1.41 bits per heavy atom. The summed E-state index contributed by atoms with van der Waals surface area (Å²) in [5.74, 6) is 0.909. The van der Waals surface area contributed by atoms with E-state index in [-0.39, 0.29) is 6.61 Å². The van der Waals surface area contributed by atoms with Crippen LogP contribution in [-0.4, -0.2) is 28.2 Å². The molecule has 2 rings (SSSR count). The zero-order chi connectivity index (χ0) is 12.3. The molecule has 1 saturated heterocycles. The first-order valence-corrected chi connectivity index (χ1v) is 6.39. The number of anilines is 1. The van der Waals surface area contributed by atoms with Crippen molar-refractivity contribution in [3.8, 4) is 0 Å². The predicted octanol–water partition coefficient (Wildman–Crippen LogP) is 1.99. The molecule has 94 valence electrons. The normalized spacial score (nSPS) is 18.6. The molecule has 0 spiro atoms. The van der Waals surface area contributed by atoms with E-state index in [1.54, 1.807) is 12.5 Å². The average molecular weight is 235 g/mol. The Bertz CT molecular complexity index is 377. The van der Waals surface area contributed by atoms with Gasteiger partial charge in [0.15, 0.2) is 0 Å². The van der Waals surface area contributed by atoms with E-state index in [0.717, 1.165) is 24.5 Å². The molecule has 0 radical (unpaired) electrons. The van der Waals surface area contributed by atoms with Crippen molar-refractivity contribution in [2.24, 2.45) is 5.41 Å². The third-order valence-corrected chi connectivity index (χ3v) is 4.17. The number of nitrogens with zero attached hydrogens (tertiary/aromatic N) is 3. The summed E-state index contributed by atoms with van der Waals surface area (Å²) in [4.78, 5) is 10.6. The highest BCUT2D eigenvalue weighted by Gasteiger charge is 2.35. The third-order valence-electron chi connectivity index (χ3n) is 4.17. The van der Waals surface area contributed by atoms with Crippen LogP contribution in [-0.2, 0) is 6.61 Å². The lowest BCUT2D eigenvalue weighted by Crippen LogP contribution is -2.27. The fraction of sp³-hybridized carbons (Fsp3) is 0.692. The summed E-state index contributed by atoms with van der Waals surface area (Å²) in [6.45, 7) is 6.62. The van der Waals surface area contributed by atoms with Crippen molar-refractivity contribution in [3.05, 3.63) is 18.1 Å². The molecule has 0 atom stereocenters. The summed E-state index contributed by atoms with van der Waals surface area (Å²) in [6, 6.07) is 0. The van der Waals surface area contributed by atoms with Crippen LogP contribution >= 0.6 is 0 Å². The van der Waals surface area contributed by atoms with E-state index in [2.05, 4.69) is 28.7 Å². The smallest absolute Gasteiger partial charge is 0.137 e. The lowest BCUT2D eigenvalue weighted by atomic mass is 9.82. The molecular formula is C13H21N3O. The van der Waals surface area contributed by atoms with E-state index >= 15 is 0 Å². The minimum absolute atomic E-state index is 0.0118. The highest BCUT2D eigenvalue weighted by atomic mass is 16.3. The van der Waals surface area contributed by atoms with Crippen LogP contribution in [0.3, 0.4) is 0 Å². The van der Waals surface area contributed by atoms with E-state index < -0.39 is 0 Å². The first kappa shape index (κ1) is 12.3. The van der Waals surface area contributed by atoms with Gasteiger partial charge in [0.1, 0.15) is 12.1 Å². The Balaban J connectivity index is 2.20. The second-order valence-electron chi connectivity index (χ2n) is 4.91. The van der Waals surface area contributed by atoms with Gasteiger partial charge in [-0.25, -0.2) is 9.97 Å². The number of aliphatic hydroxyl groups is 1. The van der Waals surface area contributed by atoms with Crippen molar-refractivity contribution in [2.75, 3.05) is 18.0 Å². The van der Waals surface area contributed by atoms with Crippen LogP contribution < -0.4 is 4.90 Å². The maximum absolute atomic E-state index is 9.32. The van der Waals surface area contributed by atoms with Gasteiger partial charge in [0, 0.05) is 24.8 Å². The molecular weight excluding hydrogens is 214 g/mol. The van der Waals surface area contributed by atoms with Crippen molar-refractivity contribution < 1.29 is 5.11 Å². The number of hydrogen-bond acceptors (Lipinski definition) is 4. The van der Waals surface area contributed by atoms with Gasteiger partial charge in [-0.05, 0) is 24.7 Å². The molecule has 1 aromatic rings. The maximum Gasteiger partial charge on any atom is 0.137 e. The van der Waals surface area contributed by atoms with E-state index in [0.29, 0.717) is 5.41 Å². The molecule has 1 N–H and O–H groups in total. The summed E-state index contributed by atoms with van der Waals surface area (Å²) in [6.07, 6.45) is 6.90. The molecule has 1 aliphatic heterocycles. The van der Waals surface area contributed by atoms with Crippen LogP contribution in [0.15, 0.2) is 12.5 Å². The Morgan fingerprint density at radius 2 is 2.18 bits per heavy atom. The highest BCUT2D eigenvalue weighted by Crippen LogP contribution is 2.39. The third kappa shape index (κ3) is 2.27. The molecule has 0 aliphatic carbocycles. The Morgan fingerprint density at radius 3 is 2.76 bits per heavy atom. The van der Waals surface area contributed by atoms with Gasteiger partial charge in [0.2, 0.25) is 0 Å². The Hall–Kier alpha value is -1.16. The van der Waals surface area contributed by atoms with Crippen LogP contribution in [0.25, 0.3) is 0 Å². The zero-order valence-electron chi connectivity index (χ0n) is 10.7. The summed E-state index contributed by atoms with van der Waals surface area (Å²) >= 11 is 0. The molecule has 2 heterocycles. The van der Waals surface area contributed by atoms with Crippen molar-refractivity contribution in [3.63, 3.8) is 0 Å². The van der Waals surface area contributed by atoms with Crippen molar-refractivity contribution in [2.45, 2.75) is 39.7 Å². The molecule has 4 heteroatoms. The lowest BCUT2D eigenvalue weighted by molar-refractivity contribution is 0.280. The molecule has 4 nitrogen and oxygen atoms in total. The zero-order valence-corrected chi connectivity index (χ0v) is 10.7. The molecule has 0 amide bonds. The molecule has 17 heavy (non-hydrogen) atoms. The van der Waals surface area contributed by atoms with E-state index in [9.17, 15) is 5.11 Å². The highest BCUT2D eigenvalue weighted by molar-refractivity contribution is 5.46. The van der Waals surface area contributed by atoms with Crippen molar-refractivity contribution >= 4 is 5.82 Å². The summed E-state index contributed by atoms with van der Waals surface area (Å²) < 4.78 is 0. The quantitative estimate of drug-likeness (QED) is 0.867. The molecule has 0 aromatic carbocycles. The topological polar surface area (TPSA) is 49.2 Å². The Kier molecular flexibility index (Phi) is 3.62. The number of hydrogen-bond donors (Lipinski definition) is 1. The molecule has 1 aromatic heterocycles. The van der Waals surface area contributed by atoms with Crippen LogP contribution in [0, 0.1) is 5.41 Å². The summed E-state index contributed by atoms with van der Waals surface area (Å²) in [5, 5.41) is 9.32. The van der Waals surface area contributed by atoms with Gasteiger partial charge >= 0.3 is 0 Å². The molecule has 1 fully saturated rings. The molecule has 1 aliphatic rings. The van der Waals surface area contributed by atoms with Crippen LogP contribution in [0.2, 0.25) is 0 Å². The van der Waals surface area contributed by atoms with Crippen molar-refractivity contribution in [1.29, 1.82) is 0 Å². The van der Waals surface area contributed by atoms with Gasteiger partial charge in [-0.1, -0.05) is 13.8 Å². The van der Waals surface area contributed by atoms with Gasteiger partial charge < -0.3 is 10.0 Å². The first-order valence-electron chi connectivity index (χ1n) is 6.39. The molecule has 0 unspecified atom stereocenters. The predicted molar refractivity (Wildman–Crippen MR) is 67.8 cm³/mol. The lowest BCUT2D eigenvalue weighted by Gasteiger charge is -2.27. The molecule has 0 saturated carbocycles. The SMILES string of the molecule is CCC1(CC)CCN(c2ncncc2CO)C1. The van der Waals surface area contributed by atoms with Crippen molar-refractivity contribution in [1.82, 2.24) is 9.97 Å². The second kappa shape index (κ2) is 5.00. The van der Waals surface area contributed by atoms with Gasteiger partial charge in [0.05, 0.1) is 6.61 Å². The van der Waals surface area contributed by atoms with E-state index in [1.165, 1.54) is 19.3 Å². The van der Waals surface area contributed by atoms with Gasteiger partial charge in [-0.3, -0.25) is 0 Å². The summed E-state index contributed by atoms with van der Waals surface area (Å²) in [7, 11) is 0. The second-order valence-corrected chi connectivity index (χ2v) is 4.91. The van der Waals surface area contributed by atoms with Gasteiger partial charge in [-0.2, -0.15) is 0 Å². The minimum atomic E-state index is 0.0118. The first-order chi connectivity index (χ1) is 8.24. The Labute approximate surface area is 103 Å². The van der Waals surface area contributed by atoms with Gasteiger partial charge in [0.25, 0.3) is 0 Å². The van der Waals surface area contributed by atoms with Crippen LogP contribution in [0.5, 0.6) is 0 Å². The van der Waals surface area contributed by atoms with Gasteiger partial charge in [-0.15, -0.1) is 0 Å². The number of aromatic nitrogens is 2. The largest absolute Gasteiger partial charge is 0.391 e. The van der Waals surface area contributed by atoms with Crippen LogP contribution in [0.1, 0.15) is 38.7 Å². The number of rotatable bonds is 4.